The number of fused-ring (bicyclic) bond motifs is 1. The van der Waals surface area contributed by atoms with Crippen LogP contribution in [0.3, 0.4) is 0 Å². The SMILES string of the molecule is NC(=O)c1cccn2c(-c3nncc(NCc4ccccc4)n3)nnc12. The molecule has 3 aromatic heterocycles. The lowest BCUT2D eigenvalue weighted by molar-refractivity contribution is 0.100. The molecule has 0 saturated carbocycles. The van der Waals surface area contributed by atoms with Crippen LogP contribution < -0.4 is 11.1 Å². The molecule has 4 aromatic rings. The van der Waals surface area contributed by atoms with Crippen molar-refractivity contribution in [2.24, 2.45) is 5.73 Å². The maximum Gasteiger partial charge on any atom is 0.252 e. The number of amides is 1. The fourth-order valence-corrected chi connectivity index (χ4v) is 2.53. The Bertz CT molecular complexity index is 1080. The van der Waals surface area contributed by atoms with Crippen molar-refractivity contribution in [2.45, 2.75) is 6.54 Å². The standard InChI is InChI=1S/C17H14N8O/c18-14(26)12-7-4-8-25-16(12)23-24-17(25)15-21-13(10-20-22-15)19-9-11-5-2-1-3-6-11/h1-8,10H,9H2,(H2,18,26)(H,19,21,22). The van der Waals surface area contributed by atoms with Gasteiger partial charge in [0.15, 0.2) is 5.65 Å². The molecule has 0 aliphatic heterocycles. The number of nitrogens with zero attached hydrogens (tertiary/aromatic N) is 6. The van der Waals surface area contributed by atoms with E-state index in [4.69, 9.17) is 5.73 Å². The number of hydrogen-bond donors (Lipinski definition) is 2. The first-order valence-electron chi connectivity index (χ1n) is 7.84. The summed E-state index contributed by atoms with van der Waals surface area (Å²) in [5.74, 6) is 0.643. The minimum atomic E-state index is -0.577. The Labute approximate surface area is 147 Å². The van der Waals surface area contributed by atoms with Crippen LogP contribution in [0.15, 0.2) is 54.9 Å². The van der Waals surface area contributed by atoms with E-state index in [1.165, 1.54) is 6.20 Å². The van der Waals surface area contributed by atoms with Gasteiger partial charge in [-0.2, -0.15) is 5.10 Å². The number of pyridine rings is 1. The molecule has 0 spiro atoms. The Morgan fingerprint density at radius 1 is 1.08 bits per heavy atom. The number of rotatable bonds is 5. The van der Waals surface area contributed by atoms with Crippen LogP contribution in [0.2, 0.25) is 0 Å². The molecule has 9 heteroatoms. The Balaban J connectivity index is 1.65. The van der Waals surface area contributed by atoms with Crippen LogP contribution in [-0.4, -0.2) is 35.7 Å². The Morgan fingerprint density at radius 2 is 1.92 bits per heavy atom. The number of primary amides is 1. The molecule has 26 heavy (non-hydrogen) atoms. The Kier molecular flexibility index (Phi) is 3.94. The van der Waals surface area contributed by atoms with Gasteiger partial charge in [-0.3, -0.25) is 9.20 Å². The zero-order valence-corrected chi connectivity index (χ0v) is 13.6. The highest BCUT2D eigenvalue weighted by Gasteiger charge is 2.16. The van der Waals surface area contributed by atoms with Gasteiger partial charge >= 0.3 is 0 Å². The van der Waals surface area contributed by atoms with E-state index in [9.17, 15) is 4.79 Å². The normalized spacial score (nSPS) is 10.8. The molecule has 1 amide bonds. The zero-order chi connectivity index (χ0) is 17.9. The number of hydrogen-bond acceptors (Lipinski definition) is 7. The van der Waals surface area contributed by atoms with Crippen LogP contribution in [0.5, 0.6) is 0 Å². The van der Waals surface area contributed by atoms with Crippen molar-refractivity contribution in [3.8, 4) is 11.6 Å². The highest BCUT2D eigenvalue weighted by molar-refractivity contribution is 5.98. The predicted molar refractivity (Wildman–Crippen MR) is 94.1 cm³/mol. The molecule has 4 rings (SSSR count). The first kappa shape index (κ1) is 15.6. The summed E-state index contributed by atoms with van der Waals surface area (Å²) in [5.41, 5.74) is 7.11. The summed E-state index contributed by atoms with van der Waals surface area (Å²) in [4.78, 5) is 16.0. The van der Waals surface area contributed by atoms with Crippen molar-refractivity contribution < 1.29 is 4.79 Å². The van der Waals surface area contributed by atoms with Crippen LogP contribution in [0.25, 0.3) is 17.3 Å². The van der Waals surface area contributed by atoms with Gasteiger partial charge < -0.3 is 11.1 Å². The van der Waals surface area contributed by atoms with Crippen LogP contribution >= 0.6 is 0 Å². The molecule has 0 unspecified atom stereocenters. The second kappa shape index (κ2) is 6.55. The molecular formula is C17H14N8O. The number of nitrogens with two attached hydrogens (primary N) is 1. The maximum atomic E-state index is 11.5. The topological polar surface area (TPSA) is 124 Å². The van der Waals surface area contributed by atoms with E-state index < -0.39 is 5.91 Å². The van der Waals surface area contributed by atoms with Gasteiger partial charge in [0.2, 0.25) is 11.6 Å². The Morgan fingerprint density at radius 3 is 2.73 bits per heavy atom. The van der Waals surface area contributed by atoms with Crippen molar-refractivity contribution in [3.05, 3.63) is 66.0 Å². The summed E-state index contributed by atoms with van der Waals surface area (Å²) in [6, 6.07) is 13.2. The molecule has 3 N–H and O–H groups in total. The lowest BCUT2D eigenvalue weighted by atomic mass is 10.2. The molecule has 0 saturated heterocycles. The quantitative estimate of drug-likeness (QED) is 0.558. The highest BCUT2D eigenvalue weighted by atomic mass is 16.1. The fourth-order valence-electron chi connectivity index (χ4n) is 2.53. The predicted octanol–water partition coefficient (Wildman–Crippen LogP) is 1.29. The minimum Gasteiger partial charge on any atom is -0.365 e. The zero-order valence-electron chi connectivity index (χ0n) is 13.6. The first-order chi connectivity index (χ1) is 12.7. The van der Waals surface area contributed by atoms with Gasteiger partial charge in [-0.1, -0.05) is 30.3 Å². The largest absolute Gasteiger partial charge is 0.365 e. The third-order valence-corrected chi connectivity index (χ3v) is 3.78. The van der Waals surface area contributed by atoms with Gasteiger partial charge in [-0.25, -0.2) is 4.98 Å². The molecule has 0 bridgehead atoms. The summed E-state index contributed by atoms with van der Waals surface area (Å²) >= 11 is 0. The van der Waals surface area contributed by atoms with Gasteiger partial charge in [-0.15, -0.1) is 15.3 Å². The van der Waals surface area contributed by atoms with Gasteiger partial charge in [0.1, 0.15) is 5.82 Å². The van der Waals surface area contributed by atoms with Crippen LogP contribution in [-0.2, 0) is 6.54 Å². The number of nitrogens with one attached hydrogen (secondary N) is 1. The minimum absolute atomic E-state index is 0.276. The molecule has 9 nitrogen and oxygen atoms in total. The van der Waals surface area contributed by atoms with Crippen molar-refractivity contribution in [1.82, 2.24) is 29.8 Å². The van der Waals surface area contributed by atoms with Gasteiger partial charge in [0, 0.05) is 12.7 Å². The van der Waals surface area contributed by atoms with Crippen molar-refractivity contribution in [1.29, 1.82) is 0 Å². The van der Waals surface area contributed by atoms with E-state index in [1.54, 1.807) is 22.7 Å². The molecule has 0 aliphatic carbocycles. The van der Waals surface area contributed by atoms with E-state index in [1.807, 2.05) is 30.3 Å². The molecule has 128 valence electrons. The average molecular weight is 346 g/mol. The van der Waals surface area contributed by atoms with Crippen molar-refractivity contribution in [2.75, 3.05) is 5.32 Å². The first-order valence-corrected chi connectivity index (χ1v) is 7.84. The van der Waals surface area contributed by atoms with Crippen LogP contribution in [0.4, 0.5) is 5.82 Å². The molecule has 0 atom stereocenters. The third-order valence-electron chi connectivity index (χ3n) is 3.78. The number of benzene rings is 1. The van der Waals surface area contributed by atoms with Gasteiger partial charge in [0.25, 0.3) is 5.91 Å². The summed E-state index contributed by atoms with van der Waals surface area (Å²) in [5, 5.41) is 19.3. The number of aromatic nitrogens is 6. The van der Waals surface area contributed by atoms with Gasteiger partial charge in [0.05, 0.1) is 11.8 Å². The third kappa shape index (κ3) is 2.93. The molecule has 0 aliphatic rings. The summed E-state index contributed by atoms with van der Waals surface area (Å²) < 4.78 is 1.61. The number of carbonyl (C=O) groups is 1. The lowest BCUT2D eigenvalue weighted by Crippen LogP contribution is -2.12. The van der Waals surface area contributed by atoms with Gasteiger partial charge in [-0.05, 0) is 17.7 Å². The Hall–Kier alpha value is -3.88. The summed E-state index contributed by atoms with van der Waals surface area (Å²) in [6.45, 7) is 0.603. The van der Waals surface area contributed by atoms with E-state index in [-0.39, 0.29) is 11.4 Å². The fraction of sp³-hybridized carbons (Fsp3) is 0.0588. The van der Waals surface area contributed by atoms with E-state index in [0.717, 1.165) is 5.56 Å². The smallest absolute Gasteiger partial charge is 0.252 e. The maximum absolute atomic E-state index is 11.5. The number of anilines is 1. The van der Waals surface area contributed by atoms with Crippen LogP contribution in [0.1, 0.15) is 15.9 Å². The summed E-state index contributed by atoms with van der Waals surface area (Å²) in [6.07, 6.45) is 3.25. The molecule has 3 heterocycles. The van der Waals surface area contributed by atoms with Crippen LogP contribution in [0, 0.1) is 0 Å². The molecule has 0 fully saturated rings. The molecule has 1 aromatic carbocycles. The molecular weight excluding hydrogens is 332 g/mol. The second-order valence-electron chi connectivity index (χ2n) is 5.51. The highest BCUT2D eigenvalue weighted by Crippen LogP contribution is 2.17. The van der Waals surface area contributed by atoms with Crippen molar-refractivity contribution in [3.63, 3.8) is 0 Å². The van der Waals surface area contributed by atoms with E-state index in [0.29, 0.717) is 23.8 Å². The van der Waals surface area contributed by atoms with E-state index in [2.05, 4.69) is 30.7 Å². The van der Waals surface area contributed by atoms with E-state index >= 15 is 0 Å². The molecule has 0 radical (unpaired) electrons. The second-order valence-corrected chi connectivity index (χ2v) is 5.51. The summed E-state index contributed by atoms with van der Waals surface area (Å²) in [7, 11) is 0. The lowest BCUT2D eigenvalue weighted by Gasteiger charge is -2.06. The average Bonchev–Trinajstić information content (AvgIpc) is 3.11. The van der Waals surface area contributed by atoms with Crippen molar-refractivity contribution >= 4 is 17.4 Å². The number of carbonyl (C=O) groups excluding carboxylic acids is 1. The monoisotopic (exact) mass is 346 g/mol.